The van der Waals surface area contributed by atoms with Crippen LogP contribution in [0.15, 0.2) is 83.9 Å². The van der Waals surface area contributed by atoms with Crippen molar-refractivity contribution in [3.05, 3.63) is 106 Å². The summed E-state index contributed by atoms with van der Waals surface area (Å²) in [4.78, 5) is 9.84. The zero-order chi connectivity index (χ0) is 24.4. The molecule has 2 aliphatic heterocycles. The summed E-state index contributed by atoms with van der Waals surface area (Å²) in [6, 6.07) is 26.6. The van der Waals surface area contributed by atoms with Gasteiger partial charge in [-0.1, -0.05) is 65.4 Å². The molecule has 2 aliphatic rings. The van der Waals surface area contributed by atoms with E-state index in [0.717, 1.165) is 58.4 Å². The molecule has 0 N–H and O–H groups in total. The van der Waals surface area contributed by atoms with E-state index in [0.29, 0.717) is 6.54 Å². The molecule has 0 saturated carbocycles. The largest absolute Gasteiger partial charge is 0.620 e. The molecule has 2 heterocycles. The highest BCUT2D eigenvalue weighted by Gasteiger charge is 2.55. The van der Waals surface area contributed by atoms with E-state index < -0.39 is 5.79 Å². The summed E-state index contributed by atoms with van der Waals surface area (Å²) >= 11 is 1.62. The molecule has 1 unspecified atom stereocenters. The van der Waals surface area contributed by atoms with Gasteiger partial charge in [0, 0.05) is 24.3 Å². The highest BCUT2D eigenvalue weighted by atomic mass is 32.2. The average Bonchev–Trinajstić information content (AvgIpc) is 3.52. The summed E-state index contributed by atoms with van der Waals surface area (Å²) in [5, 5.41) is 15.4. The Morgan fingerprint density at radius 2 is 1.49 bits per heavy atom. The standard InChI is InChI=1S/C29H32N4OS/c1-22-11-15-24(16-12-22)27-21-32(26-17-13-23(2)14-18-26)29(33(27)34,25-9-5-4-6-10-25)30-28(35-3)31-19-7-8-20-31/h4-6,9-18H,7-8,19-21H2,1-3H3/b30-28-. The van der Waals surface area contributed by atoms with Gasteiger partial charge in [-0.3, -0.25) is 4.90 Å². The van der Waals surface area contributed by atoms with Gasteiger partial charge in [0.25, 0.3) is 0 Å². The summed E-state index contributed by atoms with van der Waals surface area (Å²) in [6.07, 6.45) is 4.36. The highest BCUT2D eigenvalue weighted by molar-refractivity contribution is 8.13. The Morgan fingerprint density at radius 3 is 2.09 bits per heavy atom. The number of hydrogen-bond acceptors (Lipinski definition) is 4. The fourth-order valence-electron chi connectivity index (χ4n) is 4.96. The molecule has 6 heteroatoms. The smallest absolute Gasteiger partial charge is 0.379 e. The monoisotopic (exact) mass is 484 g/mol. The average molecular weight is 485 g/mol. The number of likely N-dealkylation sites (tertiary alicyclic amines) is 1. The Kier molecular flexibility index (Phi) is 6.56. The second-order valence-electron chi connectivity index (χ2n) is 9.32. The normalized spacial score (nSPS) is 20.7. The quantitative estimate of drug-likeness (QED) is 0.205. The topological polar surface area (TPSA) is 44.9 Å². The van der Waals surface area contributed by atoms with Crippen LogP contribution < -0.4 is 4.90 Å². The molecule has 0 bridgehead atoms. The minimum Gasteiger partial charge on any atom is -0.620 e. The van der Waals surface area contributed by atoms with Crippen LogP contribution in [0, 0.1) is 19.1 Å². The Hall–Kier alpha value is -3.25. The number of nitrogens with zero attached hydrogens (tertiary/aromatic N) is 4. The Balaban J connectivity index is 1.77. The first kappa shape index (κ1) is 23.5. The molecule has 3 aromatic rings. The van der Waals surface area contributed by atoms with Gasteiger partial charge in [0.2, 0.25) is 5.71 Å². The predicted molar refractivity (Wildman–Crippen MR) is 147 cm³/mol. The Morgan fingerprint density at radius 1 is 0.886 bits per heavy atom. The highest BCUT2D eigenvalue weighted by Crippen LogP contribution is 2.41. The summed E-state index contributed by atoms with van der Waals surface area (Å²) in [5.74, 6) is -1.24. The van der Waals surface area contributed by atoms with Crippen molar-refractivity contribution in [2.24, 2.45) is 4.99 Å². The lowest BCUT2D eigenvalue weighted by Gasteiger charge is -2.35. The summed E-state index contributed by atoms with van der Waals surface area (Å²) in [5.41, 5.74) is 5.86. The van der Waals surface area contributed by atoms with E-state index >= 15 is 0 Å². The molecule has 35 heavy (non-hydrogen) atoms. The first-order valence-corrected chi connectivity index (χ1v) is 13.4. The van der Waals surface area contributed by atoms with Crippen LogP contribution in [0.5, 0.6) is 0 Å². The molecule has 1 fully saturated rings. The molecule has 3 aromatic carbocycles. The van der Waals surface area contributed by atoms with Crippen molar-refractivity contribution in [3.8, 4) is 0 Å². The minimum atomic E-state index is -1.24. The van der Waals surface area contributed by atoms with E-state index in [9.17, 15) is 5.21 Å². The summed E-state index contributed by atoms with van der Waals surface area (Å²) in [6.45, 7) is 6.57. The molecule has 1 atom stereocenters. The van der Waals surface area contributed by atoms with Gasteiger partial charge in [-0.15, -0.1) is 0 Å². The molecule has 180 valence electrons. The number of hydroxylamine groups is 1. The van der Waals surface area contributed by atoms with E-state index in [1.165, 1.54) is 11.1 Å². The van der Waals surface area contributed by atoms with Crippen molar-refractivity contribution in [2.75, 3.05) is 30.8 Å². The SMILES string of the molecule is CS/C(=N\C1(c2ccccc2)N(c2ccc(C)cc2)CC(c2ccc(C)cc2)=[N+]1[O-])N1CCCC1. The van der Waals surface area contributed by atoms with Gasteiger partial charge in [0.15, 0.2) is 5.17 Å². The second kappa shape index (κ2) is 9.78. The van der Waals surface area contributed by atoms with E-state index in [4.69, 9.17) is 4.99 Å². The second-order valence-corrected chi connectivity index (χ2v) is 10.1. The zero-order valence-electron chi connectivity index (χ0n) is 20.6. The summed E-state index contributed by atoms with van der Waals surface area (Å²) < 4.78 is 1.15. The number of thioether (sulfide) groups is 1. The molecule has 0 spiro atoms. The molecule has 1 saturated heterocycles. The van der Waals surface area contributed by atoms with Crippen molar-refractivity contribution in [1.82, 2.24) is 4.90 Å². The van der Waals surface area contributed by atoms with E-state index in [1.807, 2.05) is 42.5 Å². The molecule has 5 rings (SSSR count). The molecular formula is C29H32N4OS. The first-order chi connectivity index (χ1) is 17.0. The van der Waals surface area contributed by atoms with Crippen molar-refractivity contribution in [3.63, 3.8) is 0 Å². The summed E-state index contributed by atoms with van der Waals surface area (Å²) in [7, 11) is 0. The predicted octanol–water partition coefficient (Wildman–Crippen LogP) is 5.75. The molecular weight excluding hydrogens is 452 g/mol. The maximum absolute atomic E-state index is 14.5. The van der Waals surface area contributed by atoms with Crippen molar-refractivity contribution in [1.29, 1.82) is 0 Å². The fraction of sp³-hybridized carbons (Fsp3) is 0.310. The maximum Gasteiger partial charge on any atom is 0.379 e. The third kappa shape index (κ3) is 4.31. The molecule has 0 aliphatic carbocycles. The third-order valence-corrected chi connectivity index (χ3v) is 7.63. The van der Waals surface area contributed by atoms with Crippen molar-refractivity contribution >= 4 is 28.3 Å². The number of rotatable bonds is 4. The van der Waals surface area contributed by atoms with Gasteiger partial charge >= 0.3 is 5.79 Å². The van der Waals surface area contributed by atoms with Gasteiger partial charge in [-0.05, 0) is 69.3 Å². The lowest BCUT2D eigenvalue weighted by molar-refractivity contribution is -0.547. The number of hydrogen-bond donors (Lipinski definition) is 0. The van der Waals surface area contributed by atoms with Crippen LogP contribution in [-0.4, -0.2) is 46.4 Å². The van der Waals surface area contributed by atoms with Gasteiger partial charge in [0.1, 0.15) is 6.54 Å². The van der Waals surface area contributed by atoms with Gasteiger partial charge in [0.05, 0.1) is 5.56 Å². The lowest BCUT2D eigenvalue weighted by Crippen LogP contribution is -2.48. The fourth-order valence-corrected chi connectivity index (χ4v) is 5.62. The number of aryl methyl sites for hydroxylation is 2. The van der Waals surface area contributed by atoms with Crippen LogP contribution in [-0.2, 0) is 5.79 Å². The number of benzene rings is 3. The van der Waals surface area contributed by atoms with Crippen LogP contribution >= 0.6 is 11.8 Å². The molecule has 5 nitrogen and oxygen atoms in total. The van der Waals surface area contributed by atoms with E-state index in [-0.39, 0.29) is 0 Å². The van der Waals surface area contributed by atoms with Gasteiger partial charge < -0.3 is 10.1 Å². The lowest BCUT2D eigenvalue weighted by atomic mass is 10.1. The number of amidine groups is 1. The van der Waals surface area contributed by atoms with Crippen LogP contribution in [0.3, 0.4) is 0 Å². The van der Waals surface area contributed by atoms with Crippen LogP contribution in [0.4, 0.5) is 5.69 Å². The molecule has 0 aromatic heterocycles. The Bertz CT molecular complexity index is 1230. The molecule has 0 radical (unpaired) electrons. The molecule has 0 amide bonds. The van der Waals surface area contributed by atoms with Crippen molar-refractivity contribution < 1.29 is 4.74 Å². The van der Waals surface area contributed by atoms with Gasteiger partial charge in [-0.25, -0.2) is 0 Å². The number of anilines is 1. The van der Waals surface area contributed by atoms with Crippen molar-refractivity contribution in [2.45, 2.75) is 32.5 Å². The van der Waals surface area contributed by atoms with Crippen LogP contribution in [0.2, 0.25) is 0 Å². The van der Waals surface area contributed by atoms with Gasteiger partial charge in [-0.2, -0.15) is 9.73 Å². The van der Waals surface area contributed by atoms with E-state index in [1.54, 1.807) is 11.8 Å². The third-order valence-electron chi connectivity index (χ3n) is 6.91. The van der Waals surface area contributed by atoms with Crippen LogP contribution in [0.1, 0.15) is 35.1 Å². The minimum absolute atomic E-state index is 0.468. The Labute approximate surface area is 212 Å². The van der Waals surface area contributed by atoms with E-state index in [2.05, 4.69) is 66.3 Å². The van der Waals surface area contributed by atoms with Crippen LogP contribution in [0.25, 0.3) is 0 Å². The number of aliphatic imine (C=N–C) groups is 1. The zero-order valence-corrected chi connectivity index (χ0v) is 21.5. The maximum atomic E-state index is 14.5. The first-order valence-electron chi connectivity index (χ1n) is 12.2.